The van der Waals surface area contributed by atoms with E-state index in [1.165, 1.54) is 0 Å². The number of aromatic nitrogens is 2. The lowest BCUT2D eigenvalue weighted by Crippen LogP contribution is -2.27. The molecule has 0 aliphatic carbocycles. The molecule has 1 N–H and O–H groups in total. The lowest BCUT2D eigenvalue weighted by atomic mass is 10.2. The molecule has 1 aromatic heterocycles. The van der Waals surface area contributed by atoms with E-state index < -0.39 is 0 Å². The molecule has 1 heterocycles. The van der Waals surface area contributed by atoms with Gasteiger partial charge < -0.3 is 9.88 Å². The second-order valence-corrected chi connectivity index (χ2v) is 6.55. The van der Waals surface area contributed by atoms with Crippen LogP contribution < -0.4 is 5.32 Å². The van der Waals surface area contributed by atoms with Crippen LogP contribution in [0.2, 0.25) is 0 Å². The van der Waals surface area contributed by atoms with Crippen molar-refractivity contribution in [3.8, 4) is 0 Å². The molecule has 4 heteroatoms. The van der Waals surface area contributed by atoms with Crippen molar-refractivity contribution in [2.24, 2.45) is 0 Å². The molecule has 4 aromatic rings. The van der Waals surface area contributed by atoms with Gasteiger partial charge in [-0.1, -0.05) is 78.9 Å². The molecular formula is C24H21N3O. The number of amides is 1. The SMILES string of the molecule is O=C(Cn1c(/C=C/c2ccccc2)nc2ccccc21)NCc1ccccc1. The van der Waals surface area contributed by atoms with Gasteiger partial charge in [0, 0.05) is 6.54 Å². The van der Waals surface area contributed by atoms with Gasteiger partial charge >= 0.3 is 0 Å². The average molecular weight is 367 g/mol. The van der Waals surface area contributed by atoms with Crippen LogP contribution >= 0.6 is 0 Å². The van der Waals surface area contributed by atoms with Gasteiger partial charge in [0.1, 0.15) is 12.4 Å². The van der Waals surface area contributed by atoms with Crippen LogP contribution in [0.25, 0.3) is 23.2 Å². The first-order valence-electron chi connectivity index (χ1n) is 9.28. The minimum atomic E-state index is -0.0404. The number of para-hydroxylation sites is 2. The zero-order chi connectivity index (χ0) is 19.2. The molecule has 0 spiro atoms. The van der Waals surface area contributed by atoms with Crippen molar-refractivity contribution in [3.05, 3.63) is 102 Å². The van der Waals surface area contributed by atoms with E-state index in [-0.39, 0.29) is 12.5 Å². The molecule has 4 rings (SSSR count). The van der Waals surface area contributed by atoms with E-state index in [2.05, 4.69) is 5.32 Å². The van der Waals surface area contributed by atoms with Crippen LogP contribution in [0.3, 0.4) is 0 Å². The fourth-order valence-electron chi connectivity index (χ4n) is 3.12. The van der Waals surface area contributed by atoms with E-state index >= 15 is 0 Å². The maximum atomic E-state index is 12.6. The maximum Gasteiger partial charge on any atom is 0.240 e. The topological polar surface area (TPSA) is 46.9 Å². The molecular weight excluding hydrogens is 346 g/mol. The number of hydrogen-bond acceptors (Lipinski definition) is 2. The third-order valence-electron chi connectivity index (χ3n) is 4.54. The summed E-state index contributed by atoms with van der Waals surface area (Å²) in [6.07, 6.45) is 3.97. The highest BCUT2D eigenvalue weighted by Crippen LogP contribution is 2.18. The summed E-state index contributed by atoms with van der Waals surface area (Å²) < 4.78 is 1.95. The molecule has 0 unspecified atom stereocenters. The second kappa shape index (κ2) is 8.35. The van der Waals surface area contributed by atoms with E-state index in [0.717, 1.165) is 28.0 Å². The Morgan fingerprint density at radius 2 is 1.54 bits per heavy atom. The highest BCUT2D eigenvalue weighted by Gasteiger charge is 2.11. The predicted molar refractivity (Wildman–Crippen MR) is 113 cm³/mol. The second-order valence-electron chi connectivity index (χ2n) is 6.55. The molecule has 0 saturated carbocycles. The van der Waals surface area contributed by atoms with Crippen molar-refractivity contribution in [3.63, 3.8) is 0 Å². The number of rotatable bonds is 6. The van der Waals surface area contributed by atoms with Crippen molar-refractivity contribution < 1.29 is 4.79 Å². The van der Waals surface area contributed by atoms with Gasteiger partial charge in [0.15, 0.2) is 0 Å². The molecule has 0 bridgehead atoms. The van der Waals surface area contributed by atoms with E-state index in [9.17, 15) is 4.79 Å². The Balaban J connectivity index is 1.56. The number of fused-ring (bicyclic) bond motifs is 1. The maximum absolute atomic E-state index is 12.6. The molecule has 0 saturated heterocycles. The zero-order valence-corrected chi connectivity index (χ0v) is 15.5. The summed E-state index contributed by atoms with van der Waals surface area (Å²) in [4.78, 5) is 17.3. The number of nitrogens with zero attached hydrogens (tertiary/aromatic N) is 2. The van der Waals surface area contributed by atoms with E-state index in [1.54, 1.807) is 0 Å². The molecule has 3 aromatic carbocycles. The van der Waals surface area contributed by atoms with Gasteiger partial charge in [0.2, 0.25) is 5.91 Å². The highest BCUT2D eigenvalue weighted by atomic mass is 16.1. The van der Waals surface area contributed by atoms with Crippen molar-refractivity contribution in [1.82, 2.24) is 14.9 Å². The van der Waals surface area contributed by atoms with Crippen LogP contribution in [-0.2, 0) is 17.9 Å². The molecule has 28 heavy (non-hydrogen) atoms. The fraction of sp³-hybridized carbons (Fsp3) is 0.0833. The fourth-order valence-corrected chi connectivity index (χ4v) is 3.12. The van der Waals surface area contributed by atoms with Crippen LogP contribution in [0.5, 0.6) is 0 Å². The molecule has 0 atom stereocenters. The number of benzene rings is 3. The van der Waals surface area contributed by atoms with E-state index in [1.807, 2.05) is 102 Å². The van der Waals surface area contributed by atoms with Crippen molar-refractivity contribution in [2.45, 2.75) is 13.1 Å². The summed E-state index contributed by atoms with van der Waals surface area (Å²) in [7, 11) is 0. The monoisotopic (exact) mass is 367 g/mol. The number of imidazole rings is 1. The summed E-state index contributed by atoms with van der Waals surface area (Å²) >= 11 is 0. The summed E-state index contributed by atoms with van der Waals surface area (Å²) in [5.74, 6) is 0.723. The Kier molecular flexibility index (Phi) is 5.29. The largest absolute Gasteiger partial charge is 0.350 e. The molecule has 0 radical (unpaired) electrons. The smallest absolute Gasteiger partial charge is 0.240 e. The van der Waals surface area contributed by atoms with E-state index in [4.69, 9.17) is 4.98 Å². The van der Waals surface area contributed by atoms with Crippen molar-refractivity contribution in [2.75, 3.05) is 0 Å². The van der Waals surface area contributed by atoms with Crippen LogP contribution in [-0.4, -0.2) is 15.5 Å². The van der Waals surface area contributed by atoms with Gasteiger partial charge in [-0.25, -0.2) is 4.98 Å². The number of carbonyl (C=O) groups is 1. The Morgan fingerprint density at radius 3 is 2.32 bits per heavy atom. The van der Waals surface area contributed by atoms with Gasteiger partial charge in [-0.15, -0.1) is 0 Å². The molecule has 0 aliphatic rings. The number of carbonyl (C=O) groups excluding carboxylic acids is 1. The molecule has 1 amide bonds. The Hall–Kier alpha value is -3.66. The predicted octanol–water partition coefficient (Wildman–Crippen LogP) is 4.52. The van der Waals surface area contributed by atoms with Gasteiger partial charge in [0.05, 0.1) is 11.0 Å². The number of hydrogen-bond donors (Lipinski definition) is 1. The van der Waals surface area contributed by atoms with Gasteiger partial charge in [-0.05, 0) is 29.3 Å². The summed E-state index contributed by atoms with van der Waals surface area (Å²) in [5.41, 5.74) is 4.00. The zero-order valence-electron chi connectivity index (χ0n) is 15.5. The number of nitrogens with one attached hydrogen (secondary N) is 1. The van der Waals surface area contributed by atoms with Crippen molar-refractivity contribution >= 4 is 29.1 Å². The molecule has 4 nitrogen and oxygen atoms in total. The quantitative estimate of drug-likeness (QED) is 0.544. The van der Waals surface area contributed by atoms with Crippen LogP contribution in [0.4, 0.5) is 0 Å². The van der Waals surface area contributed by atoms with Crippen LogP contribution in [0.1, 0.15) is 17.0 Å². The minimum absolute atomic E-state index is 0.0404. The third kappa shape index (κ3) is 4.18. The first kappa shape index (κ1) is 17.7. The summed E-state index contributed by atoms with van der Waals surface area (Å²) in [5, 5.41) is 2.99. The lowest BCUT2D eigenvalue weighted by Gasteiger charge is -2.09. The van der Waals surface area contributed by atoms with Gasteiger partial charge in [-0.3, -0.25) is 4.79 Å². The molecule has 138 valence electrons. The van der Waals surface area contributed by atoms with Crippen LogP contribution in [0, 0.1) is 0 Å². The van der Waals surface area contributed by atoms with Crippen molar-refractivity contribution in [1.29, 1.82) is 0 Å². The average Bonchev–Trinajstić information content (AvgIpc) is 3.10. The lowest BCUT2D eigenvalue weighted by molar-refractivity contribution is -0.121. The first-order valence-corrected chi connectivity index (χ1v) is 9.28. The van der Waals surface area contributed by atoms with Gasteiger partial charge in [0.25, 0.3) is 0 Å². The first-order chi connectivity index (χ1) is 13.8. The van der Waals surface area contributed by atoms with Crippen LogP contribution in [0.15, 0.2) is 84.9 Å². The Morgan fingerprint density at radius 1 is 0.857 bits per heavy atom. The Bertz CT molecular complexity index is 1100. The van der Waals surface area contributed by atoms with E-state index in [0.29, 0.717) is 6.54 Å². The minimum Gasteiger partial charge on any atom is -0.350 e. The standard InChI is InChI=1S/C24H21N3O/c28-24(25-17-20-11-5-2-6-12-20)18-27-22-14-8-7-13-21(22)26-23(27)16-15-19-9-3-1-4-10-19/h1-16H,17-18H2,(H,25,28)/b16-15+. The molecule has 0 aliphatic heterocycles. The Labute approximate surface area is 164 Å². The summed E-state index contributed by atoms with van der Waals surface area (Å²) in [6.45, 7) is 0.739. The molecule has 0 fully saturated rings. The van der Waals surface area contributed by atoms with Gasteiger partial charge in [-0.2, -0.15) is 0 Å². The summed E-state index contributed by atoms with van der Waals surface area (Å²) in [6, 6.07) is 27.9. The third-order valence-corrected chi connectivity index (χ3v) is 4.54. The normalized spacial score (nSPS) is 11.1. The highest BCUT2D eigenvalue weighted by molar-refractivity contribution is 5.83.